The number of carbonyl (C=O) groups is 1. The molecule has 3 aromatic heterocycles. The highest BCUT2D eigenvalue weighted by atomic mass is 16.4. The Morgan fingerprint density at radius 3 is 2.92 bits per heavy atom. The number of rotatable bonds is 4. The lowest BCUT2D eigenvalue weighted by molar-refractivity contribution is -0.116. The van der Waals surface area contributed by atoms with Crippen LogP contribution in [0.15, 0.2) is 65.0 Å². The summed E-state index contributed by atoms with van der Waals surface area (Å²) in [7, 11) is 0. The summed E-state index contributed by atoms with van der Waals surface area (Å²) in [4.78, 5) is 24.5. The zero-order chi connectivity index (χ0) is 17.2. The molecule has 3 aromatic rings. The van der Waals surface area contributed by atoms with Crippen molar-refractivity contribution >= 4 is 17.0 Å². The first kappa shape index (κ1) is 15.4. The van der Waals surface area contributed by atoms with Gasteiger partial charge in [-0.3, -0.25) is 9.78 Å². The number of allylic oxidation sites excluding steroid dienone is 4. The Labute approximate surface area is 145 Å². The molecule has 0 N–H and O–H groups in total. The smallest absolute Gasteiger partial charge is 0.247 e. The van der Waals surface area contributed by atoms with Gasteiger partial charge in [-0.2, -0.15) is 0 Å². The van der Waals surface area contributed by atoms with E-state index in [0.717, 1.165) is 29.5 Å². The molecular formula is C20H17N3O2. The molecule has 0 bridgehead atoms. The van der Waals surface area contributed by atoms with Gasteiger partial charge in [-0.15, -0.1) is 0 Å². The van der Waals surface area contributed by atoms with E-state index in [4.69, 9.17) is 4.42 Å². The summed E-state index contributed by atoms with van der Waals surface area (Å²) in [5, 5.41) is 0. The SMILES string of the molecule is CC1C=C(CCc2cnc3oc(-c4cccnc4)nc3c2)C=CC1=O. The number of nitrogens with zero attached hydrogens (tertiary/aromatic N) is 3. The number of carbonyl (C=O) groups excluding carboxylic acids is 1. The summed E-state index contributed by atoms with van der Waals surface area (Å²) < 4.78 is 5.71. The van der Waals surface area contributed by atoms with Gasteiger partial charge in [-0.25, -0.2) is 9.97 Å². The van der Waals surface area contributed by atoms with Crippen LogP contribution in [0.5, 0.6) is 0 Å². The topological polar surface area (TPSA) is 68.9 Å². The molecule has 0 aliphatic heterocycles. The molecule has 1 aliphatic rings. The number of hydrogen-bond acceptors (Lipinski definition) is 5. The molecule has 4 rings (SSSR count). The van der Waals surface area contributed by atoms with Crippen molar-refractivity contribution in [3.8, 4) is 11.5 Å². The summed E-state index contributed by atoms with van der Waals surface area (Å²) in [5.41, 5.74) is 4.38. The maximum atomic E-state index is 11.5. The van der Waals surface area contributed by atoms with Gasteiger partial charge in [-0.05, 0) is 42.7 Å². The number of hydrogen-bond donors (Lipinski definition) is 0. The molecule has 25 heavy (non-hydrogen) atoms. The third-order valence-corrected chi connectivity index (χ3v) is 4.29. The molecule has 0 amide bonds. The molecular weight excluding hydrogens is 314 g/mol. The van der Waals surface area contributed by atoms with Crippen molar-refractivity contribution in [1.82, 2.24) is 15.0 Å². The van der Waals surface area contributed by atoms with Crippen LogP contribution in [0.1, 0.15) is 18.9 Å². The summed E-state index contributed by atoms with van der Waals surface area (Å²) >= 11 is 0. The van der Waals surface area contributed by atoms with E-state index in [-0.39, 0.29) is 11.7 Å². The van der Waals surface area contributed by atoms with Crippen molar-refractivity contribution < 1.29 is 9.21 Å². The van der Waals surface area contributed by atoms with Gasteiger partial charge in [0, 0.05) is 24.5 Å². The van der Waals surface area contributed by atoms with Crippen LogP contribution in [0, 0.1) is 5.92 Å². The summed E-state index contributed by atoms with van der Waals surface area (Å²) in [6.45, 7) is 1.93. The van der Waals surface area contributed by atoms with Crippen LogP contribution in [0.4, 0.5) is 0 Å². The fraction of sp³-hybridized carbons (Fsp3) is 0.200. The molecule has 3 heterocycles. The van der Waals surface area contributed by atoms with Crippen molar-refractivity contribution in [3.05, 3.63) is 66.2 Å². The van der Waals surface area contributed by atoms with Gasteiger partial charge in [0.2, 0.25) is 11.6 Å². The quantitative estimate of drug-likeness (QED) is 0.725. The summed E-state index contributed by atoms with van der Waals surface area (Å²) in [6, 6.07) is 5.76. The second kappa shape index (κ2) is 6.43. The third-order valence-electron chi connectivity index (χ3n) is 4.29. The highest BCUT2D eigenvalue weighted by molar-refractivity contribution is 5.94. The Morgan fingerprint density at radius 1 is 1.20 bits per heavy atom. The number of ketones is 1. The first-order valence-electron chi connectivity index (χ1n) is 8.27. The highest BCUT2D eigenvalue weighted by Crippen LogP contribution is 2.24. The average Bonchev–Trinajstić information content (AvgIpc) is 3.07. The van der Waals surface area contributed by atoms with Crippen LogP contribution in [0.3, 0.4) is 0 Å². The third kappa shape index (κ3) is 3.26. The molecule has 0 radical (unpaired) electrons. The van der Waals surface area contributed by atoms with Gasteiger partial charge in [0.15, 0.2) is 5.78 Å². The van der Waals surface area contributed by atoms with Crippen LogP contribution in [-0.4, -0.2) is 20.7 Å². The standard InChI is InChI=1S/C20H17N3O2/c1-13-9-14(6-7-18(13)24)4-5-15-10-17-20(22-11-15)25-19(23-17)16-3-2-8-21-12-16/h2-3,6-13H,4-5H2,1H3. The van der Waals surface area contributed by atoms with E-state index in [1.807, 2.05) is 43.5 Å². The molecule has 0 saturated carbocycles. The molecule has 1 aliphatic carbocycles. The minimum absolute atomic E-state index is 0.0295. The maximum absolute atomic E-state index is 11.5. The number of aryl methyl sites for hydroxylation is 1. The predicted octanol–water partition coefficient (Wildman–Crippen LogP) is 3.92. The van der Waals surface area contributed by atoms with Crippen LogP contribution >= 0.6 is 0 Å². The molecule has 5 nitrogen and oxygen atoms in total. The zero-order valence-electron chi connectivity index (χ0n) is 13.8. The lowest BCUT2D eigenvalue weighted by atomic mass is 9.93. The fourth-order valence-corrected chi connectivity index (χ4v) is 2.87. The minimum Gasteiger partial charge on any atom is -0.418 e. The molecule has 0 fully saturated rings. The summed E-state index contributed by atoms with van der Waals surface area (Å²) in [5.74, 6) is 0.661. The van der Waals surface area contributed by atoms with Gasteiger partial charge in [0.25, 0.3) is 0 Å². The largest absolute Gasteiger partial charge is 0.418 e. The monoisotopic (exact) mass is 331 g/mol. The Hall–Kier alpha value is -3.08. The van der Waals surface area contributed by atoms with E-state index < -0.39 is 0 Å². The zero-order valence-corrected chi connectivity index (χ0v) is 13.8. The average molecular weight is 331 g/mol. The predicted molar refractivity (Wildman–Crippen MR) is 94.8 cm³/mol. The molecule has 1 unspecified atom stereocenters. The van der Waals surface area contributed by atoms with Gasteiger partial charge in [0.1, 0.15) is 5.52 Å². The molecule has 5 heteroatoms. The summed E-state index contributed by atoms with van der Waals surface area (Å²) in [6.07, 6.45) is 12.6. The van der Waals surface area contributed by atoms with E-state index >= 15 is 0 Å². The van der Waals surface area contributed by atoms with Crippen LogP contribution in [-0.2, 0) is 11.2 Å². The molecule has 124 valence electrons. The van der Waals surface area contributed by atoms with Gasteiger partial charge >= 0.3 is 0 Å². The van der Waals surface area contributed by atoms with Crippen LogP contribution in [0.25, 0.3) is 22.7 Å². The van der Waals surface area contributed by atoms with E-state index in [1.54, 1.807) is 18.5 Å². The number of pyridine rings is 2. The first-order chi connectivity index (χ1) is 12.2. The first-order valence-corrected chi connectivity index (χ1v) is 8.27. The second-order valence-electron chi connectivity index (χ2n) is 6.19. The Morgan fingerprint density at radius 2 is 2.12 bits per heavy atom. The van der Waals surface area contributed by atoms with E-state index in [0.29, 0.717) is 11.6 Å². The van der Waals surface area contributed by atoms with Gasteiger partial charge in [0.05, 0.1) is 5.56 Å². The maximum Gasteiger partial charge on any atom is 0.247 e. The number of oxazole rings is 1. The van der Waals surface area contributed by atoms with Gasteiger partial charge in [-0.1, -0.05) is 24.6 Å². The molecule has 0 aromatic carbocycles. The van der Waals surface area contributed by atoms with Crippen LogP contribution in [0.2, 0.25) is 0 Å². The van der Waals surface area contributed by atoms with Gasteiger partial charge < -0.3 is 4.42 Å². The minimum atomic E-state index is -0.0295. The Kier molecular flexibility index (Phi) is 3.98. The van der Waals surface area contributed by atoms with E-state index in [1.165, 1.54) is 5.57 Å². The second-order valence-corrected chi connectivity index (χ2v) is 6.19. The van der Waals surface area contributed by atoms with Crippen molar-refractivity contribution in [3.63, 3.8) is 0 Å². The van der Waals surface area contributed by atoms with E-state index in [9.17, 15) is 4.79 Å². The highest BCUT2D eigenvalue weighted by Gasteiger charge is 2.13. The van der Waals surface area contributed by atoms with Crippen molar-refractivity contribution in [2.45, 2.75) is 19.8 Å². The number of fused-ring (bicyclic) bond motifs is 1. The lowest BCUT2D eigenvalue weighted by Gasteiger charge is -2.11. The molecule has 1 atom stereocenters. The van der Waals surface area contributed by atoms with Crippen molar-refractivity contribution in [2.75, 3.05) is 0 Å². The lowest BCUT2D eigenvalue weighted by Crippen LogP contribution is -2.09. The van der Waals surface area contributed by atoms with Crippen molar-refractivity contribution in [1.29, 1.82) is 0 Å². The van der Waals surface area contributed by atoms with Crippen LogP contribution < -0.4 is 0 Å². The Balaban J connectivity index is 1.53. The normalized spacial score (nSPS) is 17.1. The molecule has 0 spiro atoms. The van der Waals surface area contributed by atoms with Crippen molar-refractivity contribution in [2.24, 2.45) is 5.92 Å². The van der Waals surface area contributed by atoms with E-state index in [2.05, 4.69) is 15.0 Å². The number of aromatic nitrogens is 3. The Bertz CT molecular complexity index is 987. The fourth-order valence-electron chi connectivity index (χ4n) is 2.87. The molecule has 0 saturated heterocycles.